The van der Waals surface area contributed by atoms with E-state index in [1.807, 2.05) is 0 Å². The summed E-state index contributed by atoms with van der Waals surface area (Å²) in [4.78, 5) is 24.5. The van der Waals surface area contributed by atoms with Gasteiger partial charge in [-0.05, 0) is 33.6 Å². The van der Waals surface area contributed by atoms with E-state index in [0.29, 0.717) is 23.2 Å². The minimum atomic E-state index is -0.947. The number of morpholine rings is 1. The second kappa shape index (κ2) is 7.00. The van der Waals surface area contributed by atoms with Crippen LogP contribution in [0, 0.1) is 5.82 Å². The van der Waals surface area contributed by atoms with Crippen LogP contribution in [0.4, 0.5) is 4.39 Å². The molecular weight excluding hydrogens is 345 g/mol. The molecule has 1 amide bonds. The lowest BCUT2D eigenvalue weighted by Crippen LogP contribution is -2.46. The van der Waals surface area contributed by atoms with Crippen molar-refractivity contribution >= 4 is 27.8 Å². The van der Waals surface area contributed by atoms with Gasteiger partial charge in [0.2, 0.25) is 5.91 Å². The maximum atomic E-state index is 13.1. The molecule has 1 aromatic rings. The summed E-state index contributed by atoms with van der Waals surface area (Å²) in [6.07, 6.45) is -0.440. The molecule has 0 bridgehead atoms. The average molecular weight is 360 g/mol. The van der Waals surface area contributed by atoms with Gasteiger partial charge in [0.1, 0.15) is 5.82 Å². The van der Waals surface area contributed by atoms with Crippen molar-refractivity contribution in [3.63, 3.8) is 0 Å². The number of ether oxygens (including phenoxy) is 1. The Morgan fingerprint density at radius 2 is 2.24 bits per heavy atom. The molecule has 0 spiro atoms. The van der Waals surface area contributed by atoms with Crippen molar-refractivity contribution in [2.24, 2.45) is 0 Å². The van der Waals surface area contributed by atoms with Gasteiger partial charge in [-0.15, -0.1) is 0 Å². The summed E-state index contributed by atoms with van der Waals surface area (Å²) in [7, 11) is 0. The Labute approximate surface area is 129 Å². The molecule has 1 heterocycles. The fraction of sp³-hybridized carbons (Fsp3) is 0.429. The Kier molecular flexibility index (Phi) is 5.30. The number of hydrogen-bond acceptors (Lipinski definition) is 3. The highest BCUT2D eigenvalue weighted by atomic mass is 79.9. The van der Waals surface area contributed by atoms with E-state index in [-0.39, 0.29) is 31.1 Å². The number of hydrogen-bond donors (Lipinski definition) is 1. The molecule has 21 heavy (non-hydrogen) atoms. The molecule has 0 saturated carbocycles. The van der Waals surface area contributed by atoms with E-state index in [9.17, 15) is 14.0 Å². The molecule has 1 unspecified atom stereocenters. The molecular formula is C14H15BrFNO4. The molecule has 1 fully saturated rings. The van der Waals surface area contributed by atoms with Gasteiger partial charge in [-0.1, -0.05) is 6.07 Å². The van der Waals surface area contributed by atoms with Crippen molar-refractivity contribution in [3.8, 4) is 0 Å². The summed E-state index contributed by atoms with van der Waals surface area (Å²) < 4.78 is 18.8. The SMILES string of the molecule is O=C(O)CC1CN(C(=O)Cc2ccc(F)c(Br)c2)CCO1. The van der Waals surface area contributed by atoms with Crippen LogP contribution >= 0.6 is 15.9 Å². The highest BCUT2D eigenvalue weighted by molar-refractivity contribution is 9.10. The van der Waals surface area contributed by atoms with Gasteiger partial charge in [0.25, 0.3) is 0 Å². The van der Waals surface area contributed by atoms with E-state index >= 15 is 0 Å². The first-order valence-corrected chi connectivity index (χ1v) is 7.30. The van der Waals surface area contributed by atoms with Crippen molar-refractivity contribution in [2.75, 3.05) is 19.7 Å². The Morgan fingerprint density at radius 3 is 2.90 bits per heavy atom. The van der Waals surface area contributed by atoms with Gasteiger partial charge in [-0.25, -0.2) is 4.39 Å². The monoisotopic (exact) mass is 359 g/mol. The quantitative estimate of drug-likeness (QED) is 0.890. The standard InChI is InChI=1S/C14H15BrFNO4/c15-11-5-9(1-2-12(11)16)6-13(18)17-3-4-21-10(8-17)7-14(19)20/h1-2,5,10H,3-4,6-8H2,(H,19,20). The predicted molar refractivity (Wildman–Crippen MR) is 76.4 cm³/mol. The highest BCUT2D eigenvalue weighted by Gasteiger charge is 2.25. The van der Waals surface area contributed by atoms with Crippen LogP contribution in [-0.2, 0) is 20.7 Å². The number of rotatable bonds is 4. The zero-order valence-electron chi connectivity index (χ0n) is 11.2. The lowest BCUT2D eigenvalue weighted by Gasteiger charge is -2.32. The van der Waals surface area contributed by atoms with Crippen molar-refractivity contribution in [1.82, 2.24) is 4.90 Å². The maximum Gasteiger partial charge on any atom is 0.306 e. The summed E-state index contributed by atoms with van der Waals surface area (Å²) in [5, 5.41) is 8.76. The van der Waals surface area contributed by atoms with E-state index in [1.165, 1.54) is 6.07 Å². The predicted octanol–water partition coefficient (Wildman–Crippen LogP) is 1.83. The fourth-order valence-corrected chi connectivity index (χ4v) is 2.63. The molecule has 1 saturated heterocycles. The zero-order valence-corrected chi connectivity index (χ0v) is 12.8. The van der Waals surface area contributed by atoms with Gasteiger partial charge in [-0.2, -0.15) is 0 Å². The summed E-state index contributed by atoms with van der Waals surface area (Å²) in [6, 6.07) is 4.44. The average Bonchev–Trinajstić information content (AvgIpc) is 2.42. The molecule has 0 radical (unpaired) electrons. The number of nitrogens with zero attached hydrogens (tertiary/aromatic N) is 1. The van der Waals surface area contributed by atoms with Crippen molar-refractivity contribution in [3.05, 3.63) is 34.1 Å². The van der Waals surface area contributed by atoms with Crippen molar-refractivity contribution in [1.29, 1.82) is 0 Å². The fourth-order valence-electron chi connectivity index (χ4n) is 2.20. The van der Waals surface area contributed by atoms with Gasteiger partial charge in [0.05, 0.1) is 30.0 Å². The van der Waals surface area contributed by atoms with Gasteiger partial charge < -0.3 is 14.7 Å². The molecule has 1 aliphatic heterocycles. The first-order valence-electron chi connectivity index (χ1n) is 6.51. The molecule has 0 aromatic heterocycles. The summed E-state index contributed by atoms with van der Waals surface area (Å²) >= 11 is 3.08. The summed E-state index contributed by atoms with van der Waals surface area (Å²) in [6.45, 7) is 1.04. The number of benzene rings is 1. The van der Waals surface area contributed by atoms with Crippen LogP contribution in [0.3, 0.4) is 0 Å². The van der Waals surface area contributed by atoms with Crippen molar-refractivity contribution < 1.29 is 23.8 Å². The van der Waals surface area contributed by atoms with Crippen LogP contribution in [0.15, 0.2) is 22.7 Å². The van der Waals surface area contributed by atoms with Crippen LogP contribution in [0.25, 0.3) is 0 Å². The largest absolute Gasteiger partial charge is 0.481 e. The molecule has 7 heteroatoms. The Hall–Kier alpha value is -1.47. The zero-order chi connectivity index (χ0) is 15.4. The summed E-state index contributed by atoms with van der Waals surface area (Å²) in [5.74, 6) is -1.44. The van der Waals surface area contributed by atoms with E-state index in [2.05, 4.69) is 15.9 Å². The number of carboxylic acid groups (broad SMARTS) is 1. The van der Waals surface area contributed by atoms with E-state index in [0.717, 1.165) is 0 Å². The molecule has 1 atom stereocenters. The molecule has 1 aromatic carbocycles. The second-order valence-corrected chi connectivity index (χ2v) is 5.71. The van der Waals surface area contributed by atoms with Gasteiger partial charge in [0.15, 0.2) is 0 Å². The van der Waals surface area contributed by atoms with Crippen molar-refractivity contribution in [2.45, 2.75) is 18.9 Å². The number of aliphatic carboxylic acids is 1. The first kappa shape index (κ1) is 15.9. The maximum absolute atomic E-state index is 13.1. The first-order chi connectivity index (χ1) is 9.95. The molecule has 1 aliphatic rings. The number of carbonyl (C=O) groups excluding carboxylic acids is 1. The van der Waals surface area contributed by atoms with Gasteiger partial charge in [-0.3, -0.25) is 9.59 Å². The Balaban J connectivity index is 1.96. The van der Waals surface area contributed by atoms with Gasteiger partial charge >= 0.3 is 5.97 Å². The van der Waals surface area contributed by atoms with Crippen LogP contribution in [0.2, 0.25) is 0 Å². The van der Waals surface area contributed by atoms with Crippen LogP contribution in [0.5, 0.6) is 0 Å². The van der Waals surface area contributed by atoms with Crippen LogP contribution in [-0.4, -0.2) is 47.7 Å². The molecule has 2 rings (SSSR count). The van der Waals surface area contributed by atoms with E-state index in [1.54, 1.807) is 17.0 Å². The number of halogens is 2. The highest BCUT2D eigenvalue weighted by Crippen LogP contribution is 2.18. The van der Waals surface area contributed by atoms with Crippen LogP contribution in [0.1, 0.15) is 12.0 Å². The molecule has 114 valence electrons. The topological polar surface area (TPSA) is 66.8 Å². The summed E-state index contributed by atoms with van der Waals surface area (Å²) in [5.41, 5.74) is 0.703. The lowest BCUT2D eigenvalue weighted by molar-refractivity contribution is -0.147. The number of amides is 1. The second-order valence-electron chi connectivity index (χ2n) is 4.86. The minimum absolute atomic E-state index is 0.118. The smallest absolute Gasteiger partial charge is 0.306 e. The lowest BCUT2D eigenvalue weighted by atomic mass is 10.1. The van der Waals surface area contributed by atoms with Gasteiger partial charge in [0, 0.05) is 13.1 Å². The normalized spacial score (nSPS) is 18.6. The van der Waals surface area contributed by atoms with Crippen LogP contribution < -0.4 is 0 Å². The minimum Gasteiger partial charge on any atom is -0.481 e. The Bertz CT molecular complexity index is 552. The van der Waals surface area contributed by atoms with E-state index < -0.39 is 12.1 Å². The third-order valence-corrected chi connectivity index (χ3v) is 3.84. The third-order valence-electron chi connectivity index (χ3n) is 3.23. The number of carbonyl (C=O) groups is 2. The Morgan fingerprint density at radius 1 is 1.48 bits per heavy atom. The molecule has 5 nitrogen and oxygen atoms in total. The number of carboxylic acids is 1. The molecule has 0 aliphatic carbocycles. The third kappa shape index (κ3) is 4.50. The van der Waals surface area contributed by atoms with E-state index in [4.69, 9.17) is 9.84 Å². The molecule has 1 N–H and O–H groups in total.